The Morgan fingerprint density at radius 3 is 2.63 bits per heavy atom. The molecule has 0 radical (unpaired) electrons. The summed E-state index contributed by atoms with van der Waals surface area (Å²) in [6.07, 6.45) is 3.01. The summed E-state index contributed by atoms with van der Waals surface area (Å²) < 4.78 is 1.16. The first-order chi connectivity index (χ1) is 9.16. The van der Waals surface area contributed by atoms with Crippen molar-refractivity contribution in [2.24, 2.45) is 0 Å². The number of nitrogens with zero attached hydrogens (tertiary/aromatic N) is 4. The van der Waals surface area contributed by atoms with Crippen molar-refractivity contribution in [2.75, 3.05) is 0 Å². The number of aromatic nitrogens is 4. The largest absolute Gasteiger partial charge is 0.297 e. The molecule has 3 aromatic rings. The Kier molecular flexibility index (Phi) is 2.34. The number of nitro benzene ring substituents is 1. The molecule has 2 heterocycles. The Morgan fingerprint density at radius 2 is 1.95 bits per heavy atom. The summed E-state index contributed by atoms with van der Waals surface area (Å²) in [5.41, 5.74) is 0.392. The fourth-order valence-corrected chi connectivity index (χ4v) is 1.74. The second-order valence-corrected chi connectivity index (χ2v) is 3.84. The molecule has 8 nitrogen and oxygen atoms in total. The van der Waals surface area contributed by atoms with E-state index in [-0.39, 0.29) is 11.2 Å². The van der Waals surface area contributed by atoms with E-state index in [0.29, 0.717) is 16.6 Å². The number of rotatable bonds is 2. The van der Waals surface area contributed by atoms with Crippen molar-refractivity contribution in [1.82, 2.24) is 20.0 Å². The smallest absolute Gasteiger partial charge is 0.272 e. The number of hydrogen-bond acceptors (Lipinski definition) is 5. The zero-order chi connectivity index (χ0) is 13.4. The molecule has 2 aromatic heterocycles. The molecule has 8 heteroatoms. The molecular weight excluding hydrogens is 250 g/mol. The molecule has 0 atom stereocenters. The van der Waals surface area contributed by atoms with Crippen molar-refractivity contribution in [3.63, 3.8) is 0 Å². The molecule has 0 saturated heterocycles. The lowest BCUT2D eigenvalue weighted by atomic mass is 10.3. The van der Waals surface area contributed by atoms with Crippen molar-refractivity contribution >= 4 is 16.6 Å². The highest BCUT2D eigenvalue weighted by Crippen LogP contribution is 2.14. The van der Waals surface area contributed by atoms with Crippen molar-refractivity contribution in [3.05, 3.63) is 57.1 Å². The van der Waals surface area contributed by atoms with Gasteiger partial charge in [0.25, 0.3) is 11.2 Å². The molecule has 0 saturated carbocycles. The number of nitrogens with one attached hydrogen (secondary N) is 1. The van der Waals surface area contributed by atoms with E-state index in [0.717, 1.165) is 4.68 Å². The Labute approximate surface area is 105 Å². The minimum absolute atomic E-state index is 0.0422. The third-order valence-electron chi connectivity index (χ3n) is 2.69. The highest BCUT2D eigenvalue weighted by atomic mass is 16.6. The molecule has 0 bridgehead atoms. The van der Waals surface area contributed by atoms with Crippen LogP contribution in [-0.4, -0.2) is 24.9 Å². The first-order valence-corrected chi connectivity index (χ1v) is 5.33. The summed E-state index contributed by atoms with van der Waals surface area (Å²) in [5, 5.41) is 21.5. The predicted octanol–water partition coefficient (Wildman–Crippen LogP) is 1.02. The predicted molar refractivity (Wildman–Crippen MR) is 66.1 cm³/mol. The van der Waals surface area contributed by atoms with Gasteiger partial charge in [-0.05, 0) is 12.1 Å². The second-order valence-electron chi connectivity index (χ2n) is 3.84. The summed E-state index contributed by atoms with van der Waals surface area (Å²) in [4.78, 5) is 22.2. The minimum atomic E-state index is -0.502. The average Bonchev–Trinajstić information content (AvgIpc) is 2.88. The molecule has 1 aromatic carbocycles. The van der Waals surface area contributed by atoms with Crippen LogP contribution < -0.4 is 5.56 Å². The third kappa shape index (κ3) is 1.75. The summed E-state index contributed by atoms with van der Waals surface area (Å²) in [6, 6.07) is 5.57. The molecule has 0 aliphatic rings. The molecule has 0 aliphatic heterocycles. The second kappa shape index (κ2) is 4.02. The van der Waals surface area contributed by atoms with Crippen LogP contribution in [0.25, 0.3) is 16.6 Å². The van der Waals surface area contributed by atoms with E-state index in [2.05, 4.69) is 15.3 Å². The molecule has 0 spiro atoms. The lowest BCUT2D eigenvalue weighted by molar-refractivity contribution is -0.384. The number of H-pyrrole nitrogens is 1. The van der Waals surface area contributed by atoms with Crippen LogP contribution >= 0.6 is 0 Å². The van der Waals surface area contributed by atoms with E-state index < -0.39 is 4.92 Å². The first kappa shape index (κ1) is 11.1. The van der Waals surface area contributed by atoms with Crippen LogP contribution in [0.3, 0.4) is 0 Å². The van der Waals surface area contributed by atoms with Crippen LogP contribution in [0, 0.1) is 10.1 Å². The van der Waals surface area contributed by atoms with Crippen LogP contribution in [-0.2, 0) is 0 Å². The summed E-state index contributed by atoms with van der Waals surface area (Å²) in [5.74, 6) is 0. The number of non-ortho nitro benzene ring substituents is 1. The molecule has 94 valence electrons. The maximum absolute atomic E-state index is 12.1. The molecule has 0 fully saturated rings. The van der Waals surface area contributed by atoms with Crippen molar-refractivity contribution in [2.45, 2.75) is 0 Å². The van der Waals surface area contributed by atoms with E-state index in [9.17, 15) is 14.9 Å². The van der Waals surface area contributed by atoms with Crippen LogP contribution in [0.1, 0.15) is 0 Å². The molecule has 0 amide bonds. The van der Waals surface area contributed by atoms with Crippen LogP contribution in [0.5, 0.6) is 0 Å². The lowest BCUT2D eigenvalue weighted by Gasteiger charge is -2.03. The normalized spacial score (nSPS) is 10.7. The zero-order valence-corrected chi connectivity index (χ0v) is 9.48. The monoisotopic (exact) mass is 257 g/mol. The fourth-order valence-electron chi connectivity index (χ4n) is 1.74. The molecule has 0 aliphatic carbocycles. The first-order valence-electron chi connectivity index (χ1n) is 5.33. The summed E-state index contributed by atoms with van der Waals surface area (Å²) >= 11 is 0. The Bertz CT molecular complexity index is 818. The maximum atomic E-state index is 12.1. The van der Waals surface area contributed by atoms with Gasteiger partial charge in [-0.2, -0.15) is 14.9 Å². The van der Waals surface area contributed by atoms with Gasteiger partial charge >= 0.3 is 0 Å². The minimum Gasteiger partial charge on any atom is -0.272 e. The quantitative estimate of drug-likeness (QED) is 0.544. The SMILES string of the molecule is O=c1c2[nH]ncc2cnn1-c1ccc([N+](=O)[O-])cc1. The van der Waals surface area contributed by atoms with E-state index >= 15 is 0 Å². The Hall–Kier alpha value is -3.03. The molecule has 1 N–H and O–H groups in total. The van der Waals surface area contributed by atoms with E-state index in [4.69, 9.17) is 0 Å². The summed E-state index contributed by atoms with van der Waals surface area (Å²) in [6.45, 7) is 0. The topological polar surface area (TPSA) is 107 Å². The van der Waals surface area contributed by atoms with E-state index in [1.807, 2.05) is 0 Å². The highest BCUT2D eigenvalue weighted by Gasteiger charge is 2.09. The molecule has 0 unspecified atom stereocenters. The third-order valence-corrected chi connectivity index (χ3v) is 2.69. The lowest BCUT2D eigenvalue weighted by Crippen LogP contribution is -2.20. The Morgan fingerprint density at radius 1 is 1.21 bits per heavy atom. The van der Waals surface area contributed by atoms with Crippen LogP contribution in [0.15, 0.2) is 41.5 Å². The van der Waals surface area contributed by atoms with Crippen molar-refractivity contribution in [1.29, 1.82) is 0 Å². The highest BCUT2D eigenvalue weighted by molar-refractivity contribution is 5.75. The van der Waals surface area contributed by atoms with E-state index in [1.54, 1.807) is 0 Å². The van der Waals surface area contributed by atoms with Gasteiger partial charge in [-0.25, -0.2) is 0 Å². The van der Waals surface area contributed by atoms with Gasteiger partial charge < -0.3 is 0 Å². The Balaban J connectivity index is 2.16. The van der Waals surface area contributed by atoms with Gasteiger partial charge in [0.15, 0.2) is 0 Å². The molecule has 3 rings (SSSR count). The fraction of sp³-hybridized carbons (Fsp3) is 0. The maximum Gasteiger partial charge on any atom is 0.297 e. The van der Waals surface area contributed by atoms with Crippen molar-refractivity contribution < 1.29 is 4.92 Å². The average molecular weight is 257 g/mol. The van der Waals surface area contributed by atoms with Gasteiger partial charge in [0, 0.05) is 17.5 Å². The van der Waals surface area contributed by atoms with Crippen LogP contribution in [0.2, 0.25) is 0 Å². The standard InChI is InChI=1S/C11H7N5O3/c17-11-10-7(5-12-14-10)6-13-15(11)8-1-3-9(4-2-8)16(18)19/h1-6H,(H,12,14). The zero-order valence-electron chi connectivity index (χ0n) is 9.48. The number of nitro groups is 1. The number of fused-ring (bicyclic) bond motifs is 1. The van der Waals surface area contributed by atoms with Gasteiger partial charge in [0.2, 0.25) is 0 Å². The molecule has 19 heavy (non-hydrogen) atoms. The van der Waals surface area contributed by atoms with Gasteiger partial charge in [-0.15, -0.1) is 0 Å². The van der Waals surface area contributed by atoms with Gasteiger partial charge in [0.1, 0.15) is 5.52 Å². The van der Waals surface area contributed by atoms with Gasteiger partial charge in [-0.3, -0.25) is 20.0 Å². The van der Waals surface area contributed by atoms with E-state index in [1.165, 1.54) is 36.7 Å². The number of aromatic amines is 1. The van der Waals surface area contributed by atoms with Gasteiger partial charge in [-0.1, -0.05) is 0 Å². The number of benzene rings is 1. The molecular formula is C11H7N5O3. The number of hydrogen-bond donors (Lipinski definition) is 1. The van der Waals surface area contributed by atoms with Gasteiger partial charge in [0.05, 0.1) is 23.0 Å². The van der Waals surface area contributed by atoms with Crippen LogP contribution in [0.4, 0.5) is 5.69 Å². The van der Waals surface area contributed by atoms with Crippen molar-refractivity contribution in [3.8, 4) is 5.69 Å². The summed E-state index contributed by atoms with van der Waals surface area (Å²) in [7, 11) is 0.